The van der Waals surface area contributed by atoms with Gasteiger partial charge in [-0.15, -0.1) is 0 Å². The molecule has 0 fully saturated rings. The van der Waals surface area contributed by atoms with Gasteiger partial charge >= 0.3 is 0 Å². The summed E-state index contributed by atoms with van der Waals surface area (Å²) in [5.41, 5.74) is 7.48. The van der Waals surface area contributed by atoms with Gasteiger partial charge in [-0.3, -0.25) is 4.98 Å². The molecule has 0 radical (unpaired) electrons. The largest absolute Gasteiger partial charge is 0.495 e. The molecule has 0 bridgehead atoms. The van der Waals surface area contributed by atoms with Crippen molar-refractivity contribution in [3.8, 4) is 5.75 Å². The molecule has 1 unspecified atom stereocenters. The number of aromatic nitrogens is 1. The minimum absolute atomic E-state index is 0.372. The van der Waals surface area contributed by atoms with Crippen LogP contribution in [-0.4, -0.2) is 12.1 Å². The fourth-order valence-corrected chi connectivity index (χ4v) is 1.90. The zero-order valence-electron chi connectivity index (χ0n) is 10.4. The van der Waals surface area contributed by atoms with Crippen LogP contribution in [0.1, 0.15) is 17.2 Å². The molecule has 5 heteroatoms. The number of benzene rings is 1. The molecule has 0 saturated carbocycles. The average Bonchev–Trinajstić information content (AvgIpc) is 2.43. The Labute approximate surface area is 110 Å². The number of rotatable bonds is 4. The van der Waals surface area contributed by atoms with Crippen LogP contribution in [0.3, 0.4) is 0 Å². The maximum atomic E-state index is 13.1. The summed E-state index contributed by atoms with van der Waals surface area (Å²) in [6.07, 6.45) is 3.57. The van der Waals surface area contributed by atoms with Crippen molar-refractivity contribution in [1.29, 1.82) is 0 Å². The molecule has 1 aromatic carbocycles. The number of halogens is 2. The molecule has 1 atom stereocenters. The number of pyridine rings is 1. The van der Waals surface area contributed by atoms with E-state index in [0.717, 1.165) is 17.7 Å². The van der Waals surface area contributed by atoms with Gasteiger partial charge in [0.05, 0.1) is 13.3 Å². The van der Waals surface area contributed by atoms with Gasteiger partial charge in [0.1, 0.15) is 5.75 Å². The second-order valence-electron chi connectivity index (χ2n) is 4.18. The Kier molecular flexibility index (Phi) is 4.06. The Morgan fingerprint density at radius 2 is 2.05 bits per heavy atom. The van der Waals surface area contributed by atoms with E-state index in [1.807, 2.05) is 0 Å². The van der Waals surface area contributed by atoms with Gasteiger partial charge < -0.3 is 10.5 Å². The first-order valence-electron chi connectivity index (χ1n) is 5.79. The van der Waals surface area contributed by atoms with Crippen LogP contribution in [0.15, 0.2) is 36.7 Å². The highest BCUT2D eigenvalue weighted by Gasteiger charge is 2.13. The van der Waals surface area contributed by atoms with Crippen molar-refractivity contribution in [3.63, 3.8) is 0 Å². The maximum Gasteiger partial charge on any atom is 0.159 e. The minimum atomic E-state index is -0.869. The van der Waals surface area contributed by atoms with E-state index in [-0.39, 0.29) is 6.04 Å². The molecule has 0 saturated heterocycles. The summed E-state index contributed by atoms with van der Waals surface area (Å²) in [6.45, 7) is 0. The van der Waals surface area contributed by atoms with Crippen LogP contribution in [0, 0.1) is 11.6 Å². The fraction of sp³-hybridized carbons (Fsp3) is 0.214. The summed E-state index contributed by atoms with van der Waals surface area (Å²) >= 11 is 0. The summed E-state index contributed by atoms with van der Waals surface area (Å²) in [5, 5.41) is 0. The third-order valence-corrected chi connectivity index (χ3v) is 2.88. The number of hydrogen-bond donors (Lipinski definition) is 1. The third kappa shape index (κ3) is 3.06. The van der Waals surface area contributed by atoms with E-state index < -0.39 is 11.6 Å². The van der Waals surface area contributed by atoms with Gasteiger partial charge in [-0.2, -0.15) is 0 Å². The van der Waals surface area contributed by atoms with Crippen molar-refractivity contribution in [2.24, 2.45) is 5.73 Å². The standard InChI is InChI=1S/C14H14F2N2O/c1-19-14-8-18-5-4-10(14)13(17)7-9-2-3-11(15)12(16)6-9/h2-6,8,13H,7,17H2,1H3. The average molecular weight is 264 g/mol. The lowest BCUT2D eigenvalue weighted by molar-refractivity contribution is 0.403. The molecule has 19 heavy (non-hydrogen) atoms. The number of nitrogens with zero attached hydrogens (tertiary/aromatic N) is 1. The van der Waals surface area contributed by atoms with E-state index in [0.29, 0.717) is 17.7 Å². The summed E-state index contributed by atoms with van der Waals surface area (Å²) < 4.78 is 31.1. The molecule has 0 amide bonds. The van der Waals surface area contributed by atoms with Crippen molar-refractivity contribution in [1.82, 2.24) is 4.98 Å². The Balaban J connectivity index is 2.20. The molecule has 0 aliphatic heterocycles. The molecule has 0 spiro atoms. The maximum absolute atomic E-state index is 13.1. The van der Waals surface area contributed by atoms with Crippen molar-refractivity contribution in [2.45, 2.75) is 12.5 Å². The van der Waals surface area contributed by atoms with Gasteiger partial charge in [-0.05, 0) is 30.2 Å². The van der Waals surface area contributed by atoms with Crippen LogP contribution in [0.2, 0.25) is 0 Å². The lowest BCUT2D eigenvalue weighted by Gasteiger charge is -2.15. The Morgan fingerprint density at radius 3 is 2.74 bits per heavy atom. The van der Waals surface area contributed by atoms with Gasteiger partial charge in [0, 0.05) is 17.8 Å². The summed E-state index contributed by atoms with van der Waals surface area (Å²) in [6, 6.07) is 5.15. The van der Waals surface area contributed by atoms with E-state index in [4.69, 9.17) is 10.5 Å². The van der Waals surface area contributed by atoms with Crippen molar-refractivity contribution < 1.29 is 13.5 Å². The lowest BCUT2D eigenvalue weighted by Crippen LogP contribution is -2.14. The molecule has 1 aromatic heterocycles. The van der Waals surface area contributed by atoms with Crippen molar-refractivity contribution in [2.75, 3.05) is 7.11 Å². The Morgan fingerprint density at radius 1 is 1.26 bits per heavy atom. The zero-order valence-corrected chi connectivity index (χ0v) is 10.4. The molecule has 2 rings (SSSR count). The first-order chi connectivity index (χ1) is 9.11. The summed E-state index contributed by atoms with van der Waals surface area (Å²) in [7, 11) is 1.53. The fourth-order valence-electron chi connectivity index (χ4n) is 1.90. The summed E-state index contributed by atoms with van der Waals surface area (Å²) in [5.74, 6) is -1.15. The molecule has 0 aliphatic carbocycles. The van der Waals surface area contributed by atoms with E-state index in [2.05, 4.69) is 4.98 Å². The number of nitrogens with two attached hydrogens (primary N) is 1. The van der Waals surface area contributed by atoms with Crippen LogP contribution in [-0.2, 0) is 6.42 Å². The molecule has 1 heterocycles. The second-order valence-corrected chi connectivity index (χ2v) is 4.18. The predicted molar refractivity (Wildman–Crippen MR) is 67.8 cm³/mol. The first kappa shape index (κ1) is 13.4. The molecule has 2 N–H and O–H groups in total. The molecular weight excluding hydrogens is 250 g/mol. The second kappa shape index (κ2) is 5.75. The zero-order chi connectivity index (χ0) is 13.8. The quantitative estimate of drug-likeness (QED) is 0.923. The van der Waals surface area contributed by atoms with E-state index in [1.165, 1.54) is 13.2 Å². The van der Waals surface area contributed by atoms with Crippen molar-refractivity contribution in [3.05, 3.63) is 59.4 Å². The van der Waals surface area contributed by atoms with Crippen LogP contribution in [0.5, 0.6) is 5.75 Å². The highest BCUT2D eigenvalue weighted by atomic mass is 19.2. The van der Waals surface area contributed by atoms with Crippen LogP contribution in [0.25, 0.3) is 0 Å². The van der Waals surface area contributed by atoms with Gasteiger partial charge in [0.2, 0.25) is 0 Å². The van der Waals surface area contributed by atoms with E-state index in [1.54, 1.807) is 18.5 Å². The SMILES string of the molecule is COc1cnccc1C(N)Cc1ccc(F)c(F)c1. The Hall–Kier alpha value is -2.01. The topological polar surface area (TPSA) is 48.1 Å². The van der Waals surface area contributed by atoms with Crippen LogP contribution >= 0.6 is 0 Å². The van der Waals surface area contributed by atoms with E-state index >= 15 is 0 Å². The highest BCUT2D eigenvalue weighted by Crippen LogP contribution is 2.25. The monoisotopic (exact) mass is 264 g/mol. The minimum Gasteiger partial charge on any atom is -0.495 e. The number of methoxy groups -OCH3 is 1. The molecule has 100 valence electrons. The molecule has 2 aromatic rings. The number of ether oxygens (including phenoxy) is 1. The Bertz CT molecular complexity index is 575. The predicted octanol–water partition coefficient (Wildman–Crippen LogP) is 2.61. The molecule has 0 aliphatic rings. The van der Waals surface area contributed by atoms with Crippen LogP contribution < -0.4 is 10.5 Å². The smallest absolute Gasteiger partial charge is 0.159 e. The first-order valence-corrected chi connectivity index (χ1v) is 5.79. The van der Waals surface area contributed by atoms with Gasteiger partial charge in [0.25, 0.3) is 0 Å². The van der Waals surface area contributed by atoms with Crippen molar-refractivity contribution >= 4 is 0 Å². The van der Waals surface area contributed by atoms with Gasteiger partial charge in [0.15, 0.2) is 11.6 Å². The van der Waals surface area contributed by atoms with Crippen LogP contribution in [0.4, 0.5) is 8.78 Å². The normalized spacial score (nSPS) is 12.2. The lowest BCUT2D eigenvalue weighted by atomic mass is 10.00. The third-order valence-electron chi connectivity index (χ3n) is 2.88. The van der Waals surface area contributed by atoms with Gasteiger partial charge in [-0.1, -0.05) is 6.07 Å². The summed E-state index contributed by atoms with van der Waals surface area (Å²) in [4.78, 5) is 3.94. The molecular formula is C14H14F2N2O. The van der Waals surface area contributed by atoms with E-state index in [9.17, 15) is 8.78 Å². The van der Waals surface area contributed by atoms with Gasteiger partial charge in [-0.25, -0.2) is 8.78 Å². The molecule has 3 nitrogen and oxygen atoms in total. The highest BCUT2D eigenvalue weighted by molar-refractivity contribution is 5.34. The number of hydrogen-bond acceptors (Lipinski definition) is 3.